The van der Waals surface area contributed by atoms with Crippen LogP contribution in [0.1, 0.15) is 25.0 Å². The van der Waals surface area contributed by atoms with Gasteiger partial charge in [-0.05, 0) is 58.3 Å². The summed E-state index contributed by atoms with van der Waals surface area (Å²) >= 11 is 1.90. The van der Waals surface area contributed by atoms with Crippen molar-refractivity contribution in [2.24, 2.45) is 0 Å². The van der Waals surface area contributed by atoms with Crippen molar-refractivity contribution < 1.29 is 0 Å². The van der Waals surface area contributed by atoms with Crippen LogP contribution in [0.5, 0.6) is 0 Å². The number of para-hydroxylation sites is 1. The molecule has 0 fully saturated rings. The second kappa shape index (κ2) is 10.1. The summed E-state index contributed by atoms with van der Waals surface area (Å²) in [7, 11) is 0. The largest absolute Gasteiger partial charge is 0.310 e. The minimum atomic E-state index is -0.0974. The Labute approximate surface area is 256 Å². The molecule has 0 unspecified atom stereocenters. The molecule has 0 amide bonds. The van der Waals surface area contributed by atoms with E-state index < -0.39 is 0 Å². The van der Waals surface area contributed by atoms with E-state index in [2.05, 4.69) is 170 Å². The van der Waals surface area contributed by atoms with Crippen molar-refractivity contribution in [1.82, 2.24) is 0 Å². The first-order valence-electron chi connectivity index (χ1n) is 14.9. The lowest BCUT2D eigenvalue weighted by Gasteiger charge is -2.30. The molecule has 206 valence electrons. The second-order valence-corrected chi connectivity index (χ2v) is 12.8. The van der Waals surface area contributed by atoms with Crippen LogP contribution < -0.4 is 4.90 Å². The lowest BCUT2D eigenvalue weighted by atomic mass is 9.78. The first kappa shape index (κ1) is 25.8. The highest BCUT2D eigenvalue weighted by Crippen LogP contribution is 2.47. The van der Waals surface area contributed by atoms with E-state index in [0.29, 0.717) is 0 Å². The summed E-state index contributed by atoms with van der Waals surface area (Å²) in [5.74, 6) is 0. The predicted octanol–water partition coefficient (Wildman–Crippen LogP) is 12.2. The summed E-state index contributed by atoms with van der Waals surface area (Å²) < 4.78 is 2.68. The molecule has 43 heavy (non-hydrogen) atoms. The van der Waals surface area contributed by atoms with Crippen molar-refractivity contribution in [3.63, 3.8) is 0 Å². The van der Waals surface area contributed by atoms with Gasteiger partial charge in [0.2, 0.25) is 0 Å². The van der Waals surface area contributed by atoms with E-state index in [4.69, 9.17) is 0 Å². The third kappa shape index (κ3) is 4.21. The summed E-state index contributed by atoms with van der Waals surface area (Å²) in [5.41, 5.74) is 5.99. The first-order valence-corrected chi connectivity index (χ1v) is 15.7. The van der Waals surface area contributed by atoms with Crippen LogP contribution >= 0.6 is 11.3 Å². The van der Waals surface area contributed by atoms with Gasteiger partial charge in [-0.25, -0.2) is 0 Å². The maximum Gasteiger partial charge on any atom is 0.0546 e. The van der Waals surface area contributed by atoms with E-state index in [0.717, 1.165) is 11.4 Å². The molecule has 1 aromatic heterocycles. The minimum absolute atomic E-state index is 0.0974. The minimum Gasteiger partial charge on any atom is -0.310 e. The van der Waals surface area contributed by atoms with Gasteiger partial charge in [0.15, 0.2) is 0 Å². The Balaban J connectivity index is 1.38. The molecule has 0 N–H and O–H groups in total. The number of thiophene rings is 1. The van der Waals surface area contributed by atoms with Crippen LogP contribution in [0.25, 0.3) is 41.7 Å². The summed E-state index contributed by atoms with van der Waals surface area (Å²) in [5, 5.41) is 7.79. The smallest absolute Gasteiger partial charge is 0.0546 e. The Bertz CT molecular complexity index is 2240. The van der Waals surface area contributed by atoms with Crippen LogP contribution in [0.4, 0.5) is 17.1 Å². The molecule has 1 nitrogen and oxygen atoms in total. The maximum absolute atomic E-state index is 2.42. The highest BCUT2D eigenvalue weighted by molar-refractivity contribution is 7.26. The van der Waals surface area contributed by atoms with Gasteiger partial charge in [0.05, 0.1) is 5.69 Å². The average Bonchev–Trinajstić information content (AvgIpc) is 3.45. The van der Waals surface area contributed by atoms with E-state index >= 15 is 0 Å². The molecule has 0 spiro atoms. The van der Waals surface area contributed by atoms with Gasteiger partial charge in [-0.1, -0.05) is 129 Å². The van der Waals surface area contributed by atoms with Crippen LogP contribution in [-0.2, 0) is 5.41 Å². The van der Waals surface area contributed by atoms with Gasteiger partial charge in [0, 0.05) is 47.7 Å². The van der Waals surface area contributed by atoms with Gasteiger partial charge in [0.25, 0.3) is 0 Å². The maximum atomic E-state index is 2.42. The zero-order valence-electron chi connectivity index (χ0n) is 24.3. The molecule has 1 heterocycles. The van der Waals surface area contributed by atoms with Crippen LogP contribution in [0.3, 0.4) is 0 Å². The van der Waals surface area contributed by atoms with E-state index in [1.807, 2.05) is 11.3 Å². The lowest BCUT2D eigenvalue weighted by molar-refractivity contribution is 0.641. The van der Waals surface area contributed by atoms with E-state index in [1.165, 1.54) is 58.5 Å². The molecule has 8 aromatic rings. The van der Waals surface area contributed by atoms with Gasteiger partial charge in [0.1, 0.15) is 0 Å². The van der Waals surface area contributed by atoms with Crippen molar-refractivity contribution in [3.8, 4) is 0 Å². The van der Waals surface area contributed by atoms with Crippen molar-refractivity contribution in [1.29, 1.82) is 0 Å². The highest BCUT2D eigenvalue weighted by atomic mass is 32.1. The van der Waals surface area contributed by atoms with E-state index in [-0.39, 0.29) is 5.41 Å². The van der Waals surface area contributed by atoms with Crippen LogP contribution in [0, 0.1) is 0 Å². The third-order valence-electron chi connectivity index (χ3n) is 8.94. The number of fused-ring (bicyclic) bond motifs is 7. The fraction of sp³-hybridized carbons (Fsp3) is 0.0732. The fourth-order valence-electron chi connectivity index (χ4n) is 6.58. The van der Waals surface area contributed by atoms with Crippen LogP contribution in [0.2, 0.25) is 0 Å². The van der Waals surface area contributed by atoms with E-state index in [1.54, 1.807) is 0 Å². The standard InChI is InChI=1S/C41H31NS/c1-41(2,29-14-5-3-6-15-29)30-21-23-32(24-22-30)42(31-16-7-4-8-17-31)37-27-28-13-9-10-18-33(28)39-36(37)26-25-35-34-19-11-12-20-38(34)43-40(35)39/h3-27H,1-2H3. The number of rotatable bonds is 5. The molecule has 0 bridgehead atoms. The Morgan fingerprint density at radius 3 is 1.84 bits per heavy atom. The average molecular weight is 570 g/mol. The van der Waals surface area contributed by atoms with Crippen LogP contribution in [-0.4, -0.2) is 0 Å². The number of benzene rings is 7. The SMILES string of the molecule is CC(C)(c1ccccc1)c1ccc(N(c2ccccc2)c2cc3ccccc3c3c2ccc2c4ccccc4sc23)cc1. The molecule has 8 rings (SSSR count). The normalized spacial score (nSPS) is 12.0. The molecule has 0 saturated carbocycles. The quantitative estimate of drug-likeness (QED) is 0.186. The molecule has 2 heteroatoms. The second-order valence-electron chi connectivity index (χ2n) is 11.8. The Morgan fingerprint density at radius 1 is 0.488 bits per heavy atom. The summed E-state index contributed by atoms with van der Waals surface area (Å²) in [6.07, 6.45) is 0. The molecular weight excluding hydrogens is 539 g/mol. The van der Waals surface area contributed by atoms with Crippen molar-refractivity contribution in [3.05, 3.63) is 163 Å². The summed E-state index contributed by atoms with van der Waals surface area (Å²) in [6.45, 7) is 4.61. The number of nitrogens with zero attached hydrogens (tertiary/aromatic N) is 1. The van der Waals surface area contributed by atoms with Gasteiger partial charge in [-0.3, -0.25) is 0 Å². The highest BCUT2D eigenvalue weighted by Gasteiger charge is 2.24. The Kier molecular flexibility index (Phi) is 6.06. The van der Waals surface area contributed by atoms with Crippen molar-refractivity contribution >= 4 is 70.1 Å². The van der Waals surface area contributed by atoms with Gasteiger partial charge < -0.3 is 4.90 Å². The van der Waals surface area contributed by atoms with Gasteiger partial charge in [-0.2, -0.15) is 0 Å². The summed E-state index contributed by atoms with van der Waals surface area (Å²) in [4.78, 5) is 2.42. The van der Waals surface area contributed by atoms with Gasteiger partial charge >= 0.3 is 0 Å². The summed E-state index contributed by atoms with van der Waals surface area (Å²) in [6, 6.07) is 55.3. The monoisotopic (exact) mass is 569 g/mol. The molecular formula is C41H31NS. The van der Waals surface area contributed by atoms with Crippen molar-refractivity contribution in [2.75, 3.05) is 4.90 Å². The third-order valence-corrected chi connectivity index (χ3v) is 10.1. The molecule has 0 aliphatic rings. The first-order chi connectivity index (χ1) is 21.1. The zero-order valence-corrected chi connectivity index (χ0v) is 25.1. The lowest BCUT2D eigenvalue weighted by Crippen LogP contribution is -2.19. The molecule has 0 aliphatic heterocycles. The topological polar surface area (TPSA) is 3.24 Å². The molecule has 0 aliphatic carbocycles. The molecule has 0 radical (unpaired) electrons. The van der Waals surface area contributed by atoms with Gasteiger partial charge in [-0.15, -0.1) is 11.3 Å². The van der Waals surface area contributed by atoms with E-state index in [9.17, 15) is 0 Å². The zero-order chi connectivity index (χ0) is 29.0. The number of anilines is 3. The molecule has 0 saturated heterocycles. The van der Waals surface area contributed by atoms with Crippen LogP contribution in [0.15, 0.2) is 152 Å². The number of hydrogen-bond donors (Lipinski definition) is 0. The molecule has 0 atom stereocenters. The predicted molar refractivity (Wildman–Crippen MR) is 188 cm³/mol. The molecule has 7 aromatic carbocycles. The Hall–Kier alpha value is -4.92. The van der Waals surface area contributed by atoms with Crippen molar-refractivity contribution in [2.45, 2.75) is 19.3 Å². The number of hydrogen-bond acceptors (Lipinski definition) is 2. The fourth-order valence-corrected chi connectivity index (χ4v) is 7.85. The Morgan fingerprint density at radius 2 is 1.07 bits per heavy atom.